The van der Waals surface area contributed by atoms with Crippen LogP contribution in [0.2, 0.25) is 5.02 Å². The molecule has 0 spiro atoms. The molecule has 1 saturated heterocycles. The van der Waals surface area contributed by atoms with Gasteiger partial charge in [0.15, 0.2) is 5.78 Å². The lowest BCUT2D eigenvalue weighted by atomic mass is 9.77. The molecule has 7 nitrogen and oxygen atoms in total. The van der Waals surface area contributed by atoms with Crippen molar-refractivity contribution in [3.05, 3.63) is 125 Å². The van der Waals surface area contributed by atoms with Gasteiger partial charge in [0.1, 0.15) is 11.5 Å². The fourth-order valence-corrected chi connectivity index (χ4v) is 6.70. The first-order chi connectivity index (χ1) is 21.3. The molecule has 2 atom stereocenters. The number of likely N-dealkylation sites (N-methyl/N-ethyl adjacent to an activating group) is 1. The lowest BCUT2D eigenvalue weighted by Crippen LogP contribution is -2.65. The first-order valence-electron chi connectivity index (χ1n) is 14.9. The number of anilines is 1. The van der Waals surface area contributed by atoms with Crippen LogP contribution in [0.15, 0.2) is 103 Å². The van der Waals surface area contributed by atoms with E-state index < -0.39 is 6.04 Å². The number of hydrogen-bond acceptors (Lipinski definition) is 6. The monoisotopic (exact) mass is 608 g/mol. The quantitative estimate of drug-likeness (QED) is 0.169. The number of aromatic amines is 1. The predicted molar refractivity (Wildman–Crippen MR) is 177 cm³/mol. The number of piperazine rings is 1. The molecule has 4 aromatic carbocycles. The number of hydrogen-bond donors (Lipinski definition) is 3. The molecule has 1 aliphatic heterocycles. The molecule has 8 heteroatoms. The molecule has 1 fully saturated rings. The number of carbonyl (C=O) groups excluding carboxylic acids is 1. The van der Waals surface area contributed by atoms with Crippen molar-refractivity contribution in [3.8, 4) is 11.5 Å². The Hall–Kier alpha value is -4.30. The Morgan fingerprint density at radius 2 is 1.50 bits per heavy atom. The van der Waals surface area contributed by atoms with Gasteiger partial charge in [-0.3, -0.25) is 9.69 Å². The third-order valence-corrected chi connectivity index (χ3v) is 8.93. The molecule has 0 bridgehead atoms. The molecule has 0 saturated carbocycles. The number of halogens is 1. The number of aromatic nitrogens is 1. The van der Waals surface area contributed by atoms with Gasteiger partial charge >= 0.3 is 0 Å². The first-order valence-corrected chi connectivity index (χ1v) is 15.3. The summed E-state index contributed by atoms with van der Waals surface area (Å²) in [5.74, 6) is 0.0310. The van der Waals surface area contributed by atoms with Gasteiger partial charge in [-0.1, -0.05) is 66.2 Å². The number of fused-ring (bicyclic) bond motifs is 1. The van der Waals surface area contributed by atoms with Crippen LogP contribution in [0.25, 0.3) is 10.9 Å². The summed E-state index contributed by atoms with van der Waals surface area (Å²) in [7, 11) is 4.09. The van der Waals surface area contributed by atoms with Gasteiger partial charge in [-0.05, 0) is 73.8 Å². The minimum Gasteiger partial charge on any atom is -0.508 e. The Kier molecular flexibility index (Phi) is 8.62. The number of ketones is 1. The number of aromatic hydroxyl groups is 2. The molecule has 5 aromatic rings. The minimum atomic E-state index is -0.555. The Labute approximate surface area is 262 Å². The van der Waals surface area contributed by atoms with Gasteiger partial charge in [0, 0.05) is 43.0 Å². The number of nitrogens with one attached hydrogen (secondary N) is 1. The van der Waals surface area contributed by atoms with Crippen LogP contribution in [-0.4, -0.2) is 83.1 Å². The van der Waals surface area contributed by atoms with Crippen LogP contribution in [0, 0.1) is 0 Å². The van der Waals surface area contributed by atoms with Gasteiger partial charge in [-0.25, -0.2) is 0 Å². The summed E-state index contributed by atoms with van der Waals surface area (Å²) in [6.45, 7) is 2.82. The Morgan fingerprint density at radius 3 is 2.11 bits per heavy atom. The van der Waals surface area contributed by atoms with Gasteiger partial charge in [0.05, 0.1) is 28.5 Å². The topological polar surface area (TPSA) is 83.0 Å². The van der Waals surface area contributed by atoms with E-state index >= 15 is 0 Å². The Balaban J connectivity index is 1.58. The van der Waals surface area contributed by atoms with E-state index in [0.29, 0.717) is 30.4 Å². The fraction of sp³-hybridized carbons (Fsp3) is 0.250. The first kappa shape index (κ1) is 29.8. The van der Waals surface area contributed by atoms with Crippen LogP contribution in [0.1, 0.15) is 27.5 Å². The molecule has 3 N–H and O–H groups in total. The number of rotatable bonds is 9. The summed E-state index contributed by atoms with van der Waals surface area (Å²) in [5.41, 5.74) is 4.23. The molecule has 0 radical (unpaired) electrons. The van der Waals surface area contributed by atoms with Gasteiger partial charge in [0.25, 0.3) is 0 Å². The molecule has 1 aromatic heterocycles. The normalized spacial score (nSPS) is 17.5. The van der Waals surface area contributed by atoms with Crippen LogP contribution in [0.4, 0.5) is 5.69 Å². The lowest BCUT2D eigenvalue weighted by molar-refractivity contribution is 0.0686. The van der Waals surface area contributed by atoms with Crippen molar-refractivity contribution in [3.63, 3.8) is 0 Å². The smallest absolute Gasteiger partial charge is 0.198 e. The fourth-order valence-electron chi connectivity index (χ4n) is 6.45. The standard InChI is InChI=1S/C36H37ClN4O3/c1-39(2)19-20-40-21-22-41(32-10-6-4-8-29(32)37)34(35(40)36(44)31-23-26-7-3-5-9-30(26)38-31)33(24-11-15-27(42)16-12-24)25-13-17-28(43)18-14-25/h3-18,23,33-35,38,42-43H,19-22H2,1-2H3. The maximum absolute atomic E-state index is 14.9. The second-order valence-electron chi connectivity index (χ2n) is 11.7. The van der Waals surface area contributed by atoms with Crippen LogP contribution < -0.4 is 4.90 Å². The van der Waals surface area contributed by atoms with E-state index in [1.54, 1.807) is 24.3 Å². The SMILES string of the molecule is CN(C)CCN1CCN(c2ccccc2Cl)C(C(c2ccc(O)cc2)c2ccc(O)cc2)C1C(=O)c1cc2ccccc2[nH]1. The molecular weight excluding hydrogens is 572 g/mol. The van der Waals surface area contributed by atoms with E-state index in [2.05, 4.69) is 19.7 Å². The highest BCUT2D eigenvalue weighted by Crippen LogP contribution is 2.42. The number of carbonyl (C=O) groups is 1. The lowest BCUT2D eigenvalue weighted by Gasteiger charge is -2.51. The third-order valence-electron chi connectivity index (χ3n) is 8.61. The second kappa shape index (κ2) is 12.7. The van der Waals surface area contributed by atoms with Crippen molar-refractivity contribution in [1.82, 2.24) is 14.8 Å². The van der Waals surface area contributed by atoms with Gasteiger partial charge in [-0.2, -0.15) is 0 Å². The van der Waals surface area contributed by atoms with Crippen molar-refractivity contribution in [1.29, 1.82) is 0 Å². The number of H-pyrrole nitrogens is 1. The van der Waals surface area contributed by atoms with Crippen molar-refractivity contribution in [2.24, 2.45) is 0 Å². The average Bonchev–Trinajstić information content (AvgIpc) is 3.46. The van der Waals surface area contributed by atoms with E-state index in [4.69, 9.17) is 11.6 Å². The van der Waals surface area contributed by atoms with E-state index in [-0.39, 0.29) is 29.2 Å². The number of Topliss-reactive ketones (excluding diaryl/α,β-unsaturated/α-hetero) is 1. The van der Waals surface area contributed by atoms with Crippen LogP contribution in [0.3, 0.4) is 0 Å². The van der Waals surface area contributed by atoms with Gasteiger partial charge < -0.3 is 25.0 Å². The highest BCUT2D eigenvalue weighted by molar-refractivity contribution is 6.33. The number of para-hydroxylation sites is 2. The summed E-state index contributed by atoms with van der Waals surface area (Å²) in [6, 6.07) is 31.1. The van der Waals surface area contributed by atoms with Crippen molar-refractivity contribution < 1.29 is 15.0 Å². The van der Waals surface area contributed by atoms with Crippen molar-refractivity contribution in [2.75, 3.05) is 45.2 Å². The van der Waals surface area contributed by atoms with Gasteiger partial charge in [-0.15, -0.1) is 0 Å². The number of nitrogens with zero attached hydrogens (tertiary/aromatic N) is 3. The summed E-state index contributed by atoms with van der Waals surface area (Å²) < 4.78 is 0. The molecule has 2 unspecified atom stereocenters. The zero-order valence-electron chi connectivity index (χ0n) is 24.9. The molecular formula is C36H37ClN4O3. The molecule has 0 amide bonds. The predicted octanol–water partition coefficient (Wildman–Crippen LogP) is 6.37. The summed E-state index contributed by atoms with van der Waals surface area (Å²) >= 11 is 6.88. The largest absolute Gasteiger partial charge is 0.508 e. The average molecular weight is 609 g/mol. The summed E-state index contributed by atoms with van der Waals surface area (Å²) in [4.78, 5) is 25.1. The number of phenols is 2. The Bertz CT molecular complexity index is 1660. The molecule has 226 valence electrons. The third kappa shape index (κ3) is 6.04. The van der Waals surface area contributed by atoms with E-state index in [9.17, 15) is 15.0 Å². The molecule has 6 rings (SSSR count). The number of benzene rings is 4. The van der Waals surface area contributed by atoms with Crippen molar-refractivity contribution in [2.45, 2.75) is 18.0 Å². The van der Waals surface area contributed by atoms with Crippen molar-refractivity contribution >= 4 is 34.0 Å². The van der Waals surface area contributed by atoms with Gasteiger partial charge in [0.2, 0.25) is 0 Å². The van der Waals surface area contributed by atoms with Crippen LogP contribution in [0.5, 0.6) is 11.5 Å². The molecule has 1 aliphatic rings. The van der Waals surface area contributed by atoms with E-state index in [1.807, 2.05) is 93.0 Å². The summed E-state index contributed by atoms with van der Waals surface area (Å²) in [5, 5.41) is 22.0. The highest BCUT2D eigenvalue weighted by Gasteiger charge is 2.47. The maximum Gasteiger partial charge on any atom is 0.198 e. The summed E-state index contributed by atoms with van der Waals surface area (Å²) in [6.07, 6.45) is 0. The Morgan fingerprint density at radius 1 is 0.886 bits per heavy atom. The number of phenolic OH excluding ortho intramolecular Hbond substituents is 2. The molecule has 2 heterocycles. The van der Waals surface area contributed by atoms with Crippen LogP contribution in [-0.2, 0) is 0 Å². The highest BCUT2D eigenvalue weighted by atomic mass is 35.5. The molecule has 44 heavy (non-hydrogen) atoms. The zero-order chi connectivity index (χ0) is 30.8. The second-order valence-corrected chi connectivity index (χ2v) is 12.1. The molecule has 0 aliphatic carbocycles. The van der Waals surface area contributed by atoms with E-state index in [0.717, 1.165) is 34.3 Å². The van der Waals surface area contributed by atoms with E-state index in [1.165, 1.54) is 0 Å². The maximum atomic E-state index is 14.9. The minimum absolute atomic E-state index is 0.00395. The zero-order valence-corrected chi connectivity index (χ0v) is 25.7. The van der Waals surface area contributed by atoms with Crippen LogP contribution >= 0.6 is 11.6 Å².